The molecule has 0 unspecified atom stereocenters. The molecule has 0 fully saturated rings. The van der Waals surface area contributed by atoms with Gasteiger partial charge < -0.3 is 5.32 Å². The minimum absolute atomic E-state index is 0.0115. The minimum Gasteiger partial charge on any atom is -0.351 e. The third kappa shape index (κ3) is 5.10. The van der Waals surface area contributed by atoms with E-state index in [4.69, 9.17) is 0 Å². The van der Waals surface area contributed by atoms with E-state index in [9.17, 15) is 4.79 Å². The van der Waals surface area contributed by atoms with Crippen molar-refractivity contribution in [2.45, 2.75) is 39.8 Å². The molecule has 0 aliphatic heterocycles. The summed E-state index contributed by atoms with van der Waals surface area (Å²) in [5.74, 6) is 0.0115. The Balaban J connectivity index is 2.49. The van der Waals surface area contributed by atoms with E-state index < -0.39 is 0 Å². The molecular weight excluding hydrogens is 351 g/mol. The predicted molar refractivity (Wildman–Crippen MR) is 88.5 cm³/mol. The first-order valence-electron chi connectivity index (χ1n) is 6.72. The lowest BCUT2D eigenvalue weighted by Gasteiger charge is -2.30. The number of nitrogens with zero attached hydrogens (tertiary/aromatic N) is 1. The molecule has 19 heavy (non-hydrogen) atoms. The standard InChI is InChI=1S/C15H23IN2O/c1-11(2)18(12(3)4)10-9-17-15(19)13-7-5-6-8-14(13)16/h5-8,11-12H,9-10H2,1-4H3,(H,17,19). The second-order valence-electron chi connectivity index (χ2n) is 5.16. The summed E-state index contributed by atoms with van der Waals surface area (Å²) < 4.78 is 0.988. The molecule has 3 nitrogen and oxygen atoms in total. The van der Waals surface area contributed by atoms with Crippen molar-refractivity contribution < 1.29 is 4.79 Å². The zero-order chi connectivity index (χ0) is 14.4. The van der Waals surface area contributed by atoms with Crippen molar-refractivity contribution in [3.8, 4) is 0 Å². The van der Waals surface area contributed by atoms with Gasteiger partial charge in [0.25, 0.3) is 5.91 Å². The SMILES string of the molecule is CC(C)N(CCNC(=O)c1ccccc1I)C(C)C. The summed E-state index contributed by atoms with van der Waals surface area (Å²) in [4.78, 5) is 14.4. The van der Waals surface area contributed by atoms with Crippen molar-refractivity contribution in [2.75, 3.05) is 13.1 Å². The summed E-state index contributed by atoms with van der Waals surface area (Å²) in [7, 11) is 0. The van der Waals surface area contributed by atoms with Gasteiger partial charge in [-0.15, -0.1) is 0 Å². The van der Waals surface area contributed by atoms with E-state index in [2.05, 4.69) is 60.5 Å². The molecule has 1 aromatic rings. The number of carbonyl (C=O) groups excluding carboxylic acids is 1. The van der Waals surface area contributed by atoms with Crippen molar-refractivity contribution in [3.63, 3.8) is 0 Å². The molecular formula is C15H23IN2O. The normalized spacial score (nSPS) is 11.4. The Kier molecular flexibility index (Phi) is 6.79. The van der Waals surface area contributed by atoms with E-state index in [1.807, 2.05) is 24.3 Å². The topological polar surface area (TPSA) is 32.3 Å². The second kappa shape index (κ2) is 7.85. The zero-order valence-electron chi connectivity index (χ0n) is 12.1. The highest BCUT2D eigenvalue weighted by Crippen LogP contribution is 2.11. The lowest BCUT2D eigenvalue weighted by atomic mass is 10.2. The highest BCUT2D eigenvalue weighted by molar-refractivity contribution is 14.1. The van der Waals surface area contributed by atoms with Crippen LogP contribution in [-0.2, 0) is 0 Å². The molecule has 1 rings (SSSR count). The first-order valence-corrected chi connectivity index (χ1v) is 7.79. The van der Waals surface area contributed by atoms with Crippen molar-refractivity contribution in [3.05, 3.63) is 33.4 Å². The van der Waals surface area contributed by atoms with Crippen molar-refractivity contribution in [2.24, 2.45) is 0 Å². The molecule has 0 saturated carbocycles. The largest absolute Gasteiger partial charge is 0.351 e. The number of nitrogens with one attached hydrogen (secondary N) is 1. The molecule has 4 heteroatoms. The smallest absolute Gasteiger partial charge is 0.252 e. The number of hydrogen-bond donors (Lipinski definition) is 1. The Morgan fingerprint density at radius 3 is 2.32 bits per heavy atom. The van der Waals surface area contributed by atoms with Crippen LogP contribution in [0.3, 0.4) is 0 Å². The van der Waals surface area contributed by atoms with Gasteiger partial charge in [0.05, 0.1) is 5.56 Å². The lowest BCUT2D eigenvalue weighted by molar-refractivity contribution is 0.0938. The average Bonchev–Trinajstić information content (AvgIpc) is 2.33. The number of rotatable bonds is 6. The van der Waals surface area contributed by atoms with Crippen LogP contribution in [0.4, 0.5) is 0 Å². The van der Waals surface area contributed by atoms with E-state index in [-0.39, 0.29) is 5.91 Å². The fourth-order valence-electron chi connectivity index (χ4n) is 2.15. The van der Waals surface area contributed by atoms with E-state index >= 15 is 0 Å². The third-order valence-corrected chi connectivity index (χ3v) is 4.04. The molecule has 0 atom stereocenters. The summed E-state index contributed by atoms with van der Waals surface area (Å²) in [6, 6.07) is 8.63. The third-order valence-electron chi connectivity index (χ3n) is 3.10. The molecule has 1 N–H and O–H groups in total. The van der Waals surface area contributed by atoms with Gasteiger partial charge in [0.15, 0.2) is 0 Å². The van der Waals surface area contributed by atoms with Crippen LogP contribution in [0.25, 0.3) is 0 Å². The van der Waals surface area contributed by atoms with Crippen LogP contribution >= 0.6 is 22.6 Å². The first-order chi connectivity index (χ1) is 8.93. The van der Waals surface area contributed by atoms with Gasteiger partial charge in [0, 0.05) is 28.7 Å². The predicted octanol–water partition coefficient (Wildman–Crippen LogP) is 3.14. The van der Waals surface area contributed by atoms with Crippen LogP contribution in [0.1, 0.15) is 38.1 Å². The Morgan fingerprint density at radius 1 is 1.21 bits per heavy atom. The van der Waals surface area contributed by atoms with Crippen LogP contribution in [0.2, 0.25) is 0 Å². The van der Waals surface area contributed by atoms with Crippen LogP contribution in [-0.4, -0.2) is 36.0 Å². The molecule has 1 aromatic carbocycles. The summed E-state index contributed by atoms with van der Waals surface area (Å²) in [5, 5.41) is 2.99. The van der Waals surface area contributed by atoms with Crippen LogP contribution < -0.4 is 5.32 Å². The van der Waals surface area contributed by atoms with Gasteiger partial charge in [-0.1, -0.05) is 12.1 Å². The molecule has 0 heterocycles. The van der Waals surface area contributed by atoms with Gasteiger partial charge in [-0.05, 0) is 62.4 Å². The first kappa shape index (κ1) is 16.4. The summed E-state index contributed by atoms with van der Waals surface area (Å²) >= 11 is 2.19. The maximum atomic E-state index is 12.1. The van der Waals surface area contributed by atoms with Gasteiger partial charge >= 0.3 is 0 Å². The molecule has 0 aromatic heterocycles. The lowest BCUT2D eigenvalue weighted by Crippen LogP contribution is -2.42. The maximum Gasteiger partial charge on any atom is 0.252 e. The molecule has 0 saturated heterocycles. The van der Waals surface area contributed by atoms with Crippen LogP contribution in [0.15, 0.2) is 24.3 Å². The van der Waals surface area contributed by atoms with E-state index in [0.29, 0.717) is 18.6 Å². The number of amides is 1. The molecule has 0 aliphatic carbocycles. The molecule has 0 aliphatic rings. The molecule has 1 amide bonds. The second-order valence-corrected chi connectivity index (χ2v) is 6.32. The number of benzene rings is 1. The number of halogens is 1. The number of hydrogen-bond acceptors (Lipinski definition) is 2. The van der Waals surface area contributed by atoms with E-state index in [1.165, 1.54) is 0 Å². The van der Waals surface area contributed by atoms with Gasteiger partial charge in [-0.3, -0.25) is 9.69 Å². The van der Waals surface area contributed by atoms with Gasteiger partial charge in [0.1, 0.15) is 0 Å². The quantitative estimate of drug-likeness (QED) is 0.776. The highest BCUT2D eigenvalue weighted by Gasteiger charge is 2.14. The summed E-state index contributed by atoms with van der Waals surface area (Å²) in [5.41, 5.74) is 0.753. The van der Waals surface area contributed by atoms with E-state index in [1.54, 1.807) is 0 Å². The summed E-state index contributed by atoms with van der Waals surface area (Å²) in [6.07, 6.45) is 0. The zero-order valence-corrected chi connectivity index (χ0v) is 14.3. The minimum atomic E-state index is 0.0115. The Labute approximate surface area is 129 Å². The van der Waals surface area contributed by atoms with Gasteiger partial charge in [0.2, 0.25) is 0 Å². The Morgan fingerprint density at radius 2 is 1.79 bits per heavy atom. The van der Waals surface area contributed by atoms with Crippen molar-refractivity contribution >= 4 is 28.5 Å². The Bertz CT molecular complexity index is 410. The maximum absolute atomic E-state index is 12.1. The van der Waals surface area contributed by atoms with Crippen LogP contribution in [0.5, 0.6) is 0 Å². The molecule has 0 radical (unpaired) electrons. The molecule has 0 bridgehead atoms. The van der Waals surface area contributed by atoms with Gasteiger partial charge in [-0.25, -0.2) is 0 Å². The summed E-state index contributed by atoms with van der Waals surface area (Å²) in [6.45, 7) is 10.3. The van der Waals surface area contributed by atoms with Crippen molar-refractivity contribution in [1.29, 1.82) is 0 Å². The number of carbonyl (C=O) groups is 1. The molecule has 0 spiro atoms. The fraction of sp³-hybridized carbons (Fsp3) is 0.533. The van der Waals surface area contributed by atoms with Crippen LogP contribution in [0, 0.1) is 3.57 Å². The molecule has 106 valence electrons. The van der Waals surface area contributed by atoms with Crippen molar-refractivity contribution in [1.82, 2.24) is 10.2 Å². The average molecular weight is 374 g/mol. The Hall–Kier alpha value is -0.620. The van der Waals surface area contributed by atoms with Gasteiger partial charge in [-0.2, -0.15) is 0 Å². The van der Waals surface area contributed by atoms with E-state index in [0.717, 1.165) is 15.7 Å². The monoisotopic (exact) mass is 374 g/mol. The highest BCUT2D eigenvalue weighted by atomic mass is 127. The fourth-order valence-corrected chi connectivity index (χ4v) is 2.78.